The van der Waals surface area contributed by atoms with E-state index >= 15 is 0 Å². The van der Waals surface area contributed by atoms with E-state index in [-0.39, 0.29) is 23.7 Å². The molecule has 2 aromatic carbocycles. The van der Waals surface area contributed by atoms with Crippen molar-refractivity contribution in [3.05, 3.63) is 95.3 Å². The molecule has 5 rings (SSSR count). The van der Waals surface area contributed by atoms with Crippen molar-refractivity contribution in [3.63, 3.8) is 0 Å². The molecule has 0 aliphatic carbocycles. The monoisotopic (exact) mass is 486 g/mol. The molecule has 3 heterocycles. The molecule has 0 atom stereocenters. The number of fused-ring (bicyclic) bond motifs is 1. The van der Waals surface area contributed by atoms with Crippen LogP contribution in [0.2, 0.25) is 5.02 Å². The van der Waals surface area contributed by atoms with Crippen LogP contribution in [0.25, 0.3) is 28.2 Å². The van der Waals surface area contributed by atoms with Crippen LogP contribution < -0.4 is 5.32 Å². The number of carbonyl (C=O) groups is 2. The fraction of sp³-hybridized carbons (Fsp3) is 0.0769. The second-order valence-corrected chi connectivity index (χ2v) is 8.03. The van der Waals surface area contributed by atoms with E-state index in [1.54, 1.807) is 49.5 Å². The second-order valence-electron chi connectivity index (χ2n) is 7.59. The molecule has 0 aliphatic heterocycles. The highest BCUT2D eigenvalue weighted by Crippen LogP contribution is 2.31. The predicted molar refractivity (Wildman–Crippen MR) is 131 cm³/mol. The van der Waals surface area contributed by atoms with Crippen molar-refractivity contribution in [1.29, 1.82) is 0 Å². The minimum absolute atomic E-state index is 0.0239. The number of rotatable bonds is 6. The standard InChI is InChI=1S/C26H19ClN4O4/c1-2-34-26(33)22-23(17-8-10-19(27)11-9-17)30-35-25(22)29-24(32)18-12-13-31-15-20(28-21(31)14-18)16-6-4-3-5-7-16/h3-15H,2H2,1H3,(H,29,32). The zero-order valence-corrected chi connectivity index (χ0v) is 19.3. The Morgan fingerprint density at radius 2 is 1.83 bits per heavy atom. The highest BCUT2D eigenvalue weighted by atomic mass is 35.5. The fourth-order valence-corrected chi connectivity index (χ4v) is 3.75. The molecule has 5 aromatic rings. The van der Waals surface area contributed by atoms with Gasteiger partial charge in [-0.3, -0.25) is 10.1 Å². The van der Waals surface area contributed by atoms with Crippen LogP contribution >= 0.6 is 11.6 Å². The summed E-state index contributed by atoms with van der Waals surface area (Å²) >= 11 is 5.97. The normalized spacial score (nSPS) is 10.9. The Balaban J connectivity index is 1.46. The maximum Gasteiger partial charge on any atom is 0.346 e. The topological polar surface area (TPSA) is 98.7 Å². The summed E-state index contributed by atoms with van der Waals surface area (Å²) < 4.78 is 12.4. The molecule has 0 bridgehead atoms. The van der Waals surface area contributed by atoms with E-state index < -0.39 is 11.9 Å². The zero-order valence-electron chi connectivity index (χ0n) is 18.6. The number of pyridine rings is 1. The number of carbonyl (C=O) groups excluding carboxylic acids is 2. The van der Waals surface area contributed by atoms with Gasteiger partial charge in [-0.25, -0.2) is 9.78 Å². The molecule has 174 valence electrons. The largest absolute Gasteiger partial charge is 0.462 e. The van der Waals surface area contributed by atoms with Crippen molar-refractivity contribution < 1.29 is 18.8 Å². The first kappa shape index (κ1) is 22.4. The Hall–Kier alpha value is -4.43. The Morgan fingerprint density at radius 1 is 1.06 bits per heavy atom. The van der Waals surface area contributed by atoms with E-state index in [0.29, 0.717) is 21.8 Å². The number of ether oxygens (including phenoxy) is 1. The summed E-state index contributed by atoms with van der Waals surface area (Å²) in [7, 11) is 0. The minimum Gasteiger partial charge on any atom is -0.462 e. The van der Waals surface area contributed by atoms with Crippen molar-refractivity contribution in [2.24, 2.45) is 0 Å². The maximum absolute atomic E-state index is 13.1. The summed E-state index contributed by atoms with van der Waals surface area (Å²) in [4.78, 5) is 30.4. The predicted octanol–water partition coefficient (Wildman–Crippen LogP) is 5.74. The Bertz CT molecular complexity index is 1520. The first-order valence-electron chi connectivity index (χ1n) is 10.8. The first-order chi connectivity index (χ1) is 17.0. The third-order valence-electron chi connectivity index (χ3n) is 5.31. The number of hydrogen-bond donors (Lipinski definition) is 1. The second kappa shape index (κ2) is 9.44. The van der Waals surface area contributed by atoms with Crippen LogP contribution in [0.15, 0.2) is 83.6 Å². The van der Waals surface area contributed by atoms with Gasteiger partial charge in [-0.1, -0.05) is 59.2 Å². The molecule has 0 saturated heterocycles. The molecule has 9 heteroatoms. The Labute approximate surface area is 205 Å². The lowest BCUT2D eigenvalue weighted by molar-refractivity contribution is 0.0528. The van der Waals surface area contributed by atoms with Crippen LogP contribution in [-0.2, 0) is 4.74 Å². The summed E-state index contributed by atoms with van der Waals surface area (Å²) in [5, 5.41) is 7.18. The summed E-state index contributed by atoms with van der Waals surface area (Å²) in [5.41, 5.74) is 3.55. The molecule has 0 spiro atoms. The van der Waals surface area contributed by atoms with Crippen molar-refractivity contribution in [2.75, 3.05) is 11.9 Å². The Morgan fingerprint density at radius 3 is 2.57 bits per heavy atom. The number of esters is 1. The minimum atomic E-state index is -0.662. The quantitative estimate of drug-likeness (QED) is 0.307. The summed E-state index contributed by atoms with van der Waals surface area (Å²) in [5.74, 6) is -1.25. The van der Waals surface area contributed by atoms with Crippen molar-refractivity contribution >= 4 is 35.0 Å². The molecule has 1 N–H and O–H groups in total. The number of imidazole rings is 1. The average molecular weight is 487 g/mol. The van der Waals surface area contributed by atoms with E-state index in [1.807, 2.05) is 40.9 Å². The molecular formula is C26H19ClN4O4. The van der Waals surface area contributed by atoms with Gasteiger partial charge in [-0.15, -0.1) is 0 Å². The molecule has 0 aliphatic rings. The molecule has 35 heavy (non-hydrogen) atoms. The summed E-state index contributed by atoms with van der Waals surface area (Å²) in [6.07, 6.45) is 3.63. The number of anilines is 1. The Kier molecular flexibility index (Phi) is 6.03. The SMILES string of the molecule is CCOC(=O)c1c(-c2ccc(Cl)cc2)noc1NC(=O)c1ccn2cc(-c3ccccc3)nc2c1. The van der Waals surface area contributed by atoms with E-state index in [4.69, 9.17) is 20.9 Å². The molecule has 3 aromatic heterocycles. The van der Waals surface area contributed by atoms with Gasteiger partial charge < -0.3 is 13.7 Å². The molecular weight excluding hydrogens is 468 g/mol. The van der Waals surface area contributed by atoms with Gasteiger partial charge in [0.15, 0.2) is 5.56 Å². The summed E-state index contributed by atoms with van der Waals surface area (Å²) in [6.45, 7) is 1.84. The van der Waals surface area contributed by atoms with E-state index in [9.17, 15) is 9.59 Å². The third kappa shape index (κ3) is 4.51. The van der Waals surface area contributed by atoms with Crippen molar-refractivity contribution in [3.8, 4) is 22.5 Å². The lowest BCUT2D eigenvalue weighted by Crippen LogP contribution is -2.15. The van der Waals surface area contributed by atoms with Crippen LogP contribution in [0.3, 0.4) is 0 Å². The van der Waals surface area contributed by atoms with Crippen molar-refractivity contribution in [1.82, 2.24) is 14.5 Å². The first-order valence-corrected chi connectivity index (χ1v) is 11.2. The number of halogens is 1. The van der Waals surface area contributed by atoms with Crippen LogP contribution in [0.4, 0.5) is 5.88 Å². The highest BCUT2D eigenvalue weighted by molar-refractivity contribution is 6.30. The molecule has 0 radical (unpaired) electrons. The number of nitrogens with zero attached hydrogens (tertiary/aromatic N) is 3. The maximum atomic E-state index is 13.1. The molecule has 8 nitrogen and oxygen atoms in total. The van der Waals surface area contributed by atoms with Crippen molar-refractivity contribution in [2.45, 2.75) is 6.92 Å². The van der Waals surface area contributed by atoms with E-state index in [0.717, 1.165) is 11.3 Å². The lowest BCUT2D eigenvalue weighted by Gasteiger charge is -2.06. The lowest BCUT2D eigenvalue weighted by atomic mass is 10.1. The number of aromatic nitrogens is 3. The smallest absolute Gasteiger partial charge is 0.346 e. The van der Waals surface area contributed by atoms with Gasteiger partial charge in [0.2, 0.25) is 5.88 Å². The molecule has 0 fully saturated rings. The van der Waals surface area contributed by atoms with E-state index in [2.05, 4.69) is 15.5 Å². The number of benzene rings is 2. The number of nitrogens with one attached hydrogen (secondary N) is 1. The van der Waals surface area contributed by atoms with Gasteiger partial charge in [-0.2, -0.15) is 0 Å². The van der Waals surface area contributed by atoms with Gasteiger partial charge >= 0.3 is 5.97 Å². The van der Waals surface area contributed by atoms with E-state index in [1.165, 1.54) is 0 Å². The average Bonchev–Trinajstić information content (AvgIpc) is 3.49. The molecule has 1 amide bonds. The number of hydrogen-bond acceptors (Lipinski definition) is 6. The number of amides is 1. The van der Waals surface area contributed by atoms with Gasteiger partial charge in [0.05, 0.1) is 12.3 Å². The van der Waals surface area contributed by atoms with Crippen LogP contribution in [0.1, 0.15) is 27.6 Å². The van der Waals surface area contributed by atoms with Crippen LogP contribution in [0.5, 0.6) is 0 Å². The fourth-order valence-electron chi connectivity index (χ4n) is 3.62. The van der Waals surface area contributed by atoms with Gasteiger partial charge in [-0.05, 0) is 31.2 Å². The molecule has 0 saturated carbocycles. The van der Waals surface area contributed by atoms with Gasteiger partial charge in [0.1, 0.15) is 11.3 Å². The third-order valence-corrected chi connectivity index (χ3v) is 5.56. The van der Waals surface area contributed by atoms with Gasteiger partial charge in [0.25, 0.3) is 5.91 Å². The van der Waals surface area contributed by atoms with Gasteiger partial charge in [0, 0.05) is 34.1 Å². The highest BCUT2D eigenvalue weighted by Gasteiger charge is 2.27. The van der Waals surface area contributed by atoms with Crippen LogP contribution in [0, 0.1) is 0 Å². The summed E-state index contributed by atoms with van der Waals surface area (Å²) in [6, 6.07) is 19.8. The van der Waals surface area contributed by atoms with Crippen LogP contribution in [-0.4, -0.2) is 33.0 Å². The molecule has 0 unspecified atom stereocenters. The zero-order chi connectivity index (χ0) is 24.4.